The minimum atomic E-state index is -0.229. The quantitative estimate of drug-likeness (QED) is 0.447. The summed E-state index contributed by atoms with van der Waals surface area (Å²) < 4.78 is 2.57. The molecule has 0 unspecified atom stereocenters. The van der Waals surface area contributed by atoms with Gasteiger partial charge in [0.25, 0.3) is 5.56 Å². The minimum Gasteiger partial charge on any atom is -0.361 e. The number of carbonyl (C=O) groups is 1. The number of aromatic nitrogens is 3. The number of amides is 1. The van der Waals surface area contributed by atoms with Crippen LogP contribution in [0.25, 0.3) is 10.9 Å². The van der Waals surface area contributed by atoms with E-state index < -0.39 is 0 Å². The van der Waals surface area contributed by atoms with Gasteiger partial charge in [-0.25, -0.2) is 4.98 Å². The Kier molecular flexibility index (Phi) is 6.41. The standard InChI is InChI=1S/C26H34N6O2/c1-19-15-29-25(30-18-32(12-4-5-13-32)22-6-2-3-7-22)26(34)31(19)17-24(33)28-16-20-8-9-23-21(14-20)10-11-27-23/h8-11,14-15,22,27H,2-7,12-13,16-18H2,1H3,(H-,28,29,30,33)/p+1. The van der Waals surface area contributed by atoms with Crippen LogP contribution in [0.3, 0.4) is 0 Å². The highest BCUT2D eigenvalue weighted by Crippen LogP contribution is 2.33. The Hall–Kier alpha value is -3.13. The number of nitrogens with one attached hydrogen (secondary N) is 3. The molecule has 34 heavy (non-hydrogen) atoms. The van der Waals surface area contributed by atoms with Crippen molar-refractivity contribution in [3.8, 4) is 0 Å². The Morgan fingerprint density at radius 2 is 1.97 bits per heavy atom. The lowest BCUT2D eigenvalue weighted by Crippen LogP contribution is -2.55. The van der Waals surface area contributed by atoms with Crippen molar-refractivity contribution in [1.82, 2.24) is 19.9 Å². The molecule has 1 aliphatic carbocycles. The Morgan fingerprint density at radius 3 is 2.76 bits per heavy atom. The lowest BCUT2D eigenvalue weighted by molar-refractivity contribution is -0.936. The van der Waals surface area contributed by atoms with Gasteiger partial charge in [0.15, 0.2) is 12.5 Å². The molecule has 5 rings (SSSR count). The van der Waals surface area contributed by atoms with E-state index in [2.05, 4.69) is 26.7 Å². The van der Waals surface area contributed by atoms with Crippen LogP contribution in [0.15, 0.2) is 41.5 Å². The molecule has 8 nitrogen and oxygen atoms in total. The van der Waals surface area contributed by atoms with Crippen molar-refractivity contribution in [2.75, 3.05) is 25.1 Å². The molecule has 0 spiro atoms. The van der Waals surface area contributed by atoms with E-state index in [1.165, 1.54) is 56.2 Å². The van der Waals surface area contributed by atoms with Gasteiger partial charge in [-0.1, -0.05) is 6.07 Å². The predicted octanol–water partition coefficient (Wildman–Crippen LogP) is 3.27. The number of rotatable bonds is 8. The summed E-state index contributed by atoms with van der Waals surface area (Å²) in [5.41, 5.74) is 2.54. The van der Waals surface area contributed by atoms with Crippen LogP contribution in [0, 0.1) is 6.92 Å². The number of aryl methyl sites for hydroxylation is 1. The highest BCUT2D eigenvalue weighted by Gasteiger charge is 2.41. The second-order valence-electron chi connectivity index (χ2n) is 9.96. The Labute approximate surface area is 200 Å². The molecule has 3 aromatic rings. The van der Waals surface area contributed by atoms with Crippen molar-refractivity contribution in [2.24, 2.45) is 0 Å². The number of carbonyl (C=O) groups excluding carboxylic acids is 1. The fourth-order valence-electron chi connectivity index (χ4n) is 5.80. The molecule has 3 heterocycles. The molecule has 1 aliphatic heterocycles. The maximum absolute atomic E-state index is 13.2. The first-order valence-electron chi connectivity index (χ1n) is 12.5. The zero-order valence-electron chi connectivity index (χ0n) is 20.0. The number of likely N-dealkylation sites (tertiary alicyclic amines) is 1. The second kappa shape index (κ2) is 9.62. The Bertz CT molecular complexity index is 1220. The zero-order valence-corrected chi connectivity index (χ0v) is 20.0. The Balaban J connectivity index is 1.24. The maximum atomic E-state index is 13.2. The highest BCUT2D eigenvalue weighted by molar-refractivity contribution is 5.80. The van der Waals surface area contributed by atoms with Gasteiger partial charge in [-0.2, -0.15) is 0 Å². The molecule has 2 aliphatic rings. The van der Waals surface area contributed by atoms with Crippen LogP contribution in [0.4, 0.5) is 5.82 Å². The first-order valence-corrected chi connectivity index (χ1v) is 12.5. The topological polar surface area (TPSA) is 91.8 Å². The first kappa shape index (κ1) is 22.7. The van der Waals surface area contributed by atoms with Crippen molar-refractivity contribution in [3.63, 3.8) is 0 Å². The van der Waals surface area contributed by atoms with Gasteiger partial charge in [0.05, 0.1) is 19.1 Å². The lowest BCUT2D eigenvalue weighted by atomic mass is 10.1. The van der Waals surface area contributed by atoms with Crippen LogP contribution in [0.5, 0.6) is 0 Å². The average Bonchev–Trinajstić information content (AvgIpc) is 3.61. The first-order chi connectivity index (χ1) is 16.5. The van der Waals surface area contributed by atoms with Crippen molar-refractivity contribution in [1.29, 1.82) is 0 Å². The normalized spacial score (nSPS) is 17.9. The van der Waals surface area contributed by atoms with E-state index in [1.54, 1.807) is 6.20 Å². The largest absolute Gasteiger partial charge is 0.361 e. The third kappa shape index (κ3) is 4.59. The molecule has 1 aromatic carbocycles. The van der Waals surface area contributed by atoms with Crippen LogP contribution in [0.2, 0.25) is 0 Å². The molecule has 0 bridgehead atoms. The van der Waals surface area contributed by atoms with E-state index in [0.717, 1.165) is 27.6 Å². The van der Waals surface area contributed by atoms with Crippen LogP contribution in [-0.4, -0.2) is 50.7 Å². The summed E-state index contributed by atoms with van der Waals surface area (Å²) in [6.45, 7) is 5.31. The monoisotopic (exact) mass is 463 g/mol. The molecule has 0 radical (unpaired) electrons. The summed E-state index contributed by atoms with van der Waals surface area (Å²) in [5.74, 6) is 0.157. The van der Waals surface area contributed by atoms with E-state index in [4.69, 9.17) is 0 Å². The van der Waals surface area contributed by atoms with E-state index in [-0.39, 0.29) is 18.0 Å². The SMILES string of the molecule is Cc1cnc(NC[N+]2(C3CCCC3)CCCC2)c(=O)n1CC(=O)NCc1ccc2[nH]ccc2c1. The van der Waals surface area contributed by atoms with Crippen molar-refractivity contribution in [2.45, 2.75) is 64.6 Å². The number of hydrogen-bond donors (Lipinski definition) is 3. The smallest absolute Gasteiger partial charge is 0.294 e. The molecule has 1 saturated heterocycles. The maximum Gasteiger partial charge on any atom is 0.294 e. The molecule has 2 aromatic heterocycles. The molecule has 0 atom stereocenters. The van der Waals surface area contributed by atoms with E-state index in [9.17, 15) is 9.59 Å². The molecule has 180 valence electrons. The van der Waals surface area contributed by atoms with Crippen molar-refractivity contribution < 1.29 is 9.28 Å². The molecule has 2 fully saturated rings. The summed E-state index contributed by atoms with van der Waals surface area (Å²) in [7, 11) is 0. The van der Waals surface area contributed by atoms with E-state index >= 15 is 0 Å². The van der Waals surface area contributed by atoms with Crippen molar-refractivity contribution >= 4 is 22.6 Å². The Morgan fingerprint density at radius 1 is 1.18 bits per heavy atom. The predicted molar refractivity (Wildman–Crippen MR) is 133 cm³/mol. The summed E-state index contributed by atoms with van der Waals surface area (Å²) in [6.07, 6.45) is 11.3. The second-order valence-corrected chi connectivity index (χ2v) is 9.96. The van der Waals surface area contributed by atoms with Gasteiger partial charge >= 0.3 is 0 Å². The molecule has 8 heteroatoms. The number of hydrogen-bond acceptors (Lipinski definition) is 4. The number of H-pyrrole nitrogens is 1. The van der Waals surface area contributed by atoms with Crippen LogP contribution in [-0.2, 0) is 17.9 Å². The van der Waals surface area contributed by atoms with Crippen LogP contribution in [0.1, 0.15) is 49.8 Å². The highest BCUT2D eigenvalue weighted by atomic mass is 16.2. The number of anilines is 1. The van der Waals surface area contributed by atoms with Gasteiger partial charge < -0.3 is 20.1 Å². The molecular formula is C26H35N6O2+. The number of quaternary nitrogens is 1. The van der Waals surface area contributed by atoms with Crippen LogP contribution >= 0.6 is 0 Å². The third-order valence-corrected chi connectivity index (χ3v) is 7.78. The van der Waals surface area contributed by atoms with Gasteiger partial charge in [-0.05, 0) is 61.8 Å². The summed E-state index contributed by atoms with van der Waals surface area (Å²) in [4.78, 5) is 33.4. The fraction of sp³-hybridized carbons (Fsp3) is 0.500. The van der Waals surface area contributed by atoms with Gasteiger partial charge in [0.1, 0.15) is 6.54 Å². The summed E-state index contributed by atoms with van der Waals surface area (Å²) in [6, 6.07) is 8.76. The molecule has 1 amide bonds. The fourth-order valence-corrected chi connectivity index (χ4v) is 5.80. The number of fused-ring (bicyclic) bond motifs is 1. The van der Waals surface area contributed by atoms with Gasteiger partial charge in [0.2, 0.25) is 5.91 Å². The molecular weight excluding hydrogens is 428 g/mol. The van der Waals surface area contributed by atoms with E-state index in [0.29, 0.717) is 24.1 Å². The molecule has 1 saturated carbocycles. The van der Waals surface area contributed by atoms with E-state index in [1.807, 2.05) is 31.3 Å². The van der Waals surface area contributed by atoms with Crippen molar-refractivity contribution in [3.05, 3.63) is 58.3 Å². The van der Waals surface area contributed by atoms with Gasteiger partial charge in [-0.15, -0.1) is 0 Å². The van der Waals surface area contributed by atoms with Gasteiger partial charge in [-0.3, -0.25) is 14.2 Å². The average molecular weight is 464 g/mol. The number of nitrogens with zero attached hydrogens (tertiary/aromatic N) is 3. The summed E-state index contributed by atoms with van der Waals surface area (Å²) in [5, 5.41) is 7.44. The third-order valence-electron chi connectivity index (χ3n) is 7.78. The lowest BCUT2D eigenvalue weighted by Gasteiger charge is -2.40. The number of benzene rings is 1. The molecule has 3 N–H and O–H groups in total. The zero-order chi connectivity index (χ0) is 23.5. The van der Waals surface area contributed by atoms with Crippen LogP contribution < -0.4 is 16.2 Å². The van der Waals surface area contributed by atoms with Gasteiger partial charge in [0, 0.05) is 43.0 Å². The summed E-state index contributed by atoms with van der Waals surface area (Å²) >= 11 is 0. The minimum absolute atomic E-state index is 0.0170. The number of aromatic amines is 1.